The van der Waals surface area contributed by atoms with E-state index in [2.05, 4.69) is 11.8 Å². The zero-order valence-electron chi connectivity index (χ0n) is 10.5. The summed E-state index contributed by atoms with van der Waals surface area (Å²) in [4.78, 5) is 2.15. The van der Waals surface area contributed by atoms with Crippen molar-refractivity contribution < 1.29 is 8.42 Å². The minimum absolute atomic E-state index is 0.606. The van der Waals surface area contributed by atoms with Gasteiger partial charge in [-0.15, -0.1) is 0 Å². The molecule has 1 saturated heterocycles. The minimum Gasteiger partial charge on any atom is -0.304 e. The van der Waals surface area contributed by atoms with Crippen LogP contribution in [-0.2, 0) is 10.2 Å². The predicted octanol–water partition coefficient (Wildman–Crippen LogP) is 0.211. The van der Waals surface area contributed by atoms with E-state index in [1.807, 2.05) is 7.05 Å². The lowest BCUT2D eigenvalue weighted by molar-refractivity contribution is 0.213. The third-order valence-electron chi connectivity index (χ3n) is 3.01. The van der Waals surface area contributed by atoms with Crippen LogP contribution >= 0.6 is 0 Å². The van der Waals surface area contributed by atoms with Crippen molar-refractivity contribution >= 4 is 10.2 Å². The summed E-state index contributed by atoms with van der Waals surface area (Å²) < 4.78 is 27.3. The van der Waals surface area contributed by atoms with Crippen LogP contribution in [0.4, 0.5) is 0 Å². The van der Waals surface area contributed by atoms with Crippen molar-refractivity contribution in [2.45, 2.75) is 19.8 Å². The molecule has 0 atom stereocenters. The molecule has 1 aliphatic heterocycles. The highest BCUT2D eigenvalue weighted by atomic mass is 32.2. The summed E-state index contributed by atoms with van der Waals surface area (Å²) in [5, 5.41) is 0. The smallest absolute Gasteiger partial charge is 0.281 e. The molecule has 0 amide bonds. The van der Waals surface area contributed by atoms with Gasteiger partial charge in [-0.05, 0) is 13.5 Å². The number of piperazine rings is 1. The zero-order valence-corrected chi connectivity index (χ0v) is 11.3. The quantitative estimate of drug-likeness (QED) is 0.699. The van der Waals surface area contributed by atoms with E-state index in [0.717, 1.165) is 25.9 Å². The lowest BCUT2D eigenvalue weighted by Gasteiger charge is -2.34. The van der Waals surface area contributed by atoms with Crippen LogP contribution in [-0.4, -0.2) is 68.7 Å². The van der Waals surface area contributed by atoms with Crippen LogP contribution in [0.2, 0.25) is 0 Å². The Kier molecular flexibility index (Phi) is 5.17. The van der Waals surface area contributed by atoms with E-state index < -0.39 is 10.2 Å². The van der Waals surface area contributed by atoms with Gasteiger partial charge in [0, 0.05) is 39.8 Å². The molecule has 0 spiro atoms. The number of hydrogen-bond acceptors (Lipinski definition) is 3. The summed E-state index contributed by atoms with van der Waals surface area (Å²) in [6.45, 7) is 5.54. The summed E-state index contributed by atoms with van der Waals surface area (Å²) >= 11 is 0. The molecule has 1 aliphatic rings. The second kappa shape index (κ2) is 5.95. The number of unbranched alkanes of at least 4 members (excludes halogenated alkanes) is 1. The second-order valence-electron chi connectivity index (χ2n) is 4.39. The van der Waals surface area contributed by atoms with Crippen LogP contribution in [0.25, 0.3) is 0 Å². The van der Waals surface area contributed by atoms with Crippen molar-refractivity contribution in [3.8, 4) is 0 Å². The number of hydrogen-bond donors (Lipinski definition) is 0. The maximum Gasteiger partial charge on any atom is 0.281 e. The topological polar surface area (TPSA) is 43.9 Å². The highest BCUT2D eigenvalue weighted by Crippen LogP contribution is 2.10. The summed E-state index contributed by atoms with van der Waals surface area (Å²) in [6.07, 6.45) is 1.94. The van der Waals surface area contributed by atoms with Gasteiger partial charge >= 0.3 is 0 Å². The van der Waals surface area contributed by atoms with Gasteiger partial charge in [-0.2, -0.15) is 17.0 Å². The summed E-state index contributed by atoms with van der Waals surface area (Å²) in [7, 11) is 0.471. The molecule has 96 valence electrons. The highest BCUT2D eigenvalue weighted by Gasteiger charge is 2.28. The second-order valence-corrected chi connectivity index (χ2v) is 6.42. The Hall–Kier alpha value is -0.170. The average molecular weight is 249 g/mol. The normalized spacial score (nSPS) is 20.5. The lowest BCUT2D eigenvalue weighted by Crippen LogP contribution is -2.51. The van der Waals surface area contributed by atoms with E-state index in [-0.39, 0.29) is 0 Å². The van der Waals surface area contributed by atoms with Crippen molar-refractivity contribution in [2.75, 3.05) is 46.8 Å². The number of rotatable bonds is 5. The molecule has 1 heterocycles. The van der Waals surface area contributed by atoms with Gasteiger partial charge in [0.2, 0.25) is 0 Å². The zero-order chi connectivity index (χ0) is 12.2. The Bertz CT molecular complexity index is 297. The number of nitrogens with zero attached hydrogens (tertiary/aromatic N) is 3. The summed E-state index contributed by atoms with van der Waals surface area (Å²) in [6, 6.07) is 0. The van der Waals surface area contributed by atoms with Gasteiger partial charge in [0.1, 0.15) is 0 Å². The molecule has 0 saturated carbocycles. The van der Waals surface area contributed by atoms with Crippen LogP contribution in [0, 0.1) is 0 Å². The van der Waals surface area contributed by atoms with Gasteiger partial charge in [0.05, 0.1) is 0 Å². The Labute approximate surface area is 99.2 Å². The molecular weight excluding hydrogens is 226 g/mol. The fourth-order valence-electron chi connectivity index (χ4n) is 1.71. The molecule has 0 bridgehead atoms. The maximum absolute atomic E-state index is 12.1. The Morgan fingerprint density at radius 2 is 1.75 bits per heavy atom. The predicted molar refractivity (Wildman–Crippen MR) is 65.5 cm³/mol. The molecule has 0 unspecified atom stereocenters. The molecule has 0 N–H and O–H groups in total. The highest BCUT2D eigenvalue weighted by molar-refractivity contribution is 7.86. The first-order valence-corrected chi connectivity index (χ1v) is 7.28. The largest absolute Gasteiger partial charge is 0.304 e. The Morgan fingerprint density at radius 3 is 2.25 bits per heavy atom. The van der Waals surface area contributed by atoms with Gasteiger partial charge in [0.15, 0.2) is 0 Å². The van der Waals surface area contributed by atoms with E-state index in [1.165, 1.54) is 4.31 Å². The van der Waals surface area contributed by atoms with Crippen LogP contribution < -0.4 is 0 Å². The van der Waals surface area contributed by atoms with Crippen molar-refractivity contribution in [1.29, 1.82) is 0 Å². The molecular formula is C10H23N3O2S. The van der Waals surface area contributed by atoms with E-state index >= 15 is 0 Å². The van der Waals surface area contributed by atoms with E-state index in [1.54, 1.807) is 11.4 Å². The monoisotopic (exact) mass is 249 g/mol. The third kappa shape index (κ3) is 3.41. The average Bonchev–Trinajstić information content (AvgIpc) is 2.26. The van der Waals surface area contributed by atoms with Gasteiger partial charge in [-0.25, -0.2) is 0 Å². The maximum atomic E-state index is 12.1. The molecule has 0 aromatic carbocycles. The molecule has 0 aromatic heterocycles. The van der Waals surface area contributed by atoms with Crippen molar-refractivity contribution in [2.24, 2.45) is 0 Å². The Morgan fingerprint density at radius 1 is 1.19 bits per heavy atom. The Balaban J connectivity index is 2.56. The first kappa shape index (κ1) is 13.9. The molecule has 5 nitrogen and oxygen atoms in total. The van der Waals surface area contributed by atoms with Crippen LogP contribution in [0.3, 0.4) is 0 Å². The fourth-order valence-corrected chi connectivity index (χ4v) is 3.09. The van der Waals surface area contributed by atoms with E-state index in [4.69, 9.17) is 0 Å². The minimum atomic E-state index is -3.22. The van der Waals surface area contributed by atoms with Gasteiger partial charge < -0.3 is 4.90 Å². The van der Waals surface area contributed by atoms with Crippen LogP contribution in [0.1, 0.15) is 19.8 Å². The molecule has 6 heteroatoms. The van der Waals surface area contributed by atoms with Crippen LogP contribution in [0.15, 0.2) is 0 Å². The first-order chi connectivity index (χ1) is 7.48. The molecule has 1 rings (SSSR count). The van der Waals surface area contributed by atoms with Gasteiger partial charge in [0.25, 0.3) is 10.2 Å². The number of likely N-dealkylation sites (N-methyl/N-ethyl adjacent to an activating group) is 1. The van der Waals surface area contributed by atoms with Crippen molar-refractivity contribution in [1.82, 2.24) is 13.5 Å². The molecule has 16 heavy (non-hydrogen) atoms. The molecule has 1 fully saturated rings. The van der Waals surface area contributed by atoms with Gasteiger partial charge in [-0.1, -0.05) is 13.3 Å². The standard InChI is InChI=1S/C10H23N3O2S/c1-4-5-6-12(3)16(14,15)13-9-7-11(2)8-10-13/h4-10H2,1-3H3. The lowest BCUT2D eigenvalue weighted by atomic mass is 10.3. The SMILES string of the molecule is CCCCN(C)S(=O)(=O)N1CCN(C)CC1. The van der Waals surface area contributed by atoms with E-state index in [9.17, 15) is 8.42 Å². The molecule has 0 aromatic rings. The van der Waals surface area contributed by atoms with E-state index in [0.29, 0.717) is 19.6 Å². The third-order valence-corrected chi connectivity index (χ3v) is 5.00. The fraction of sp³-hybridized carbons (Fsp3) is 1.00. The molecule has 0 aliphatic carbocycles. The summed E-state index contributed by atoms with van der Waals surface area (Å²) in [5.41, 5.74) is 0. The van der Waals surface area contributed by atoms with Crippen molar-refractivity contribution in [3.63, 3.8) is 0 Å². The van der Waals surface area contributed by atoms with Crippen molar-refractivity contribution in [3.05, 3.63) is 0 Å². The first-order valence-electron chi connectivity index (χ1n) is 5.88. The molecule has 0 radical (unpaired) electrons. The van der Waals surface area contributed by atoms with Gasteiger partial charge in [-0.3, -0.25) is 0 Å². The summed E-state index contributed by atoms with van der Waals surface area (Å²) in [5.74, 6) is 0. The van der Waals surface area contributed by atoms with Crippen LogP contribution in [0.5, 0.6) is 0 Å².